The van der Waals surface area contributed by atoms with Gasteiger partial charge in [0.2, 0.25) is 0 Å². The van der Waals surface area contributed by atoms with Crippen LogP contribution in [0.4, 0.5) is 0 Å². The fraction of sp³-hybridized carbons (Fsp3) is 1.00. The minimum Gasteiger partial charge on any atom is -1.00 e. The zero-order chi connectivity index (χ0) is 9.07. The molecule has 0 saturated carbocycles. The first-order chi connectivity index (χ1) is 5.91. The van der Waals surface area contributed by atoms with E-state index < -0.39 is 0 Å². The first-order valence-electron chi connectivity index (χ1n) is 5.13. The first-order valence-corrected chi connectivity index (χ1v) is 5.13. The topological polar surface area (TPSA) is 40.5 Å². The third kappa shape index (κ3) is 15.4. The van der Waals surface area contributed by atoms with Crippen LogP contribution in [0.15, 0.2) is 0 Å². The molecule has 0 radical (unpaired) electrons. The SMILES string of the molecule is OCCCCCCCCCCO.[H-].[H-].[Mg+2]. The van der Waals surface area contributed by atoms with E-state index in [1.165, 1.54) is 25.7 Å². The molecule has 0 spiro atoms. The van der Waals surface area contributed by atoms with E-state index in [9.17, 15) is 0 Å². The quantitative estimate of drug-likeness (QED) is 0.441. The van der Waals surface area contributed by atoms with E-state index in [2.05, 4.69) is 0 Å². The summed E-state index contributed by atoms with van der Waals surface area (Å²) >= 11 is 0. The molecule has 13 heavy (non-hydrogen) atoms. The summed E-state index contributed by atoms with van der Waals surface area (Å²) in [6.45, 7) is 0.676. The van der Waals surface area contributed by atoms with Crippen molar-refractivity contribution in [2.75, 3.05) is 13.2 Å². The Morgan fingerprint density at radius 1 is 0.538 bits per heavy atom. The van der Waals surface area contributed by atoms with Crippen LogP contribution in [0.1, 0.15) is 54.2 Å². The number of hydrogen-bond donors (Lipinski definition) is 2. The largest absolute Gasteiger partial charge is 2.00 e. The predicted octanol–water partition coefficient (Wildman–Crippen LogP) is 1.94. The van der Waals surface area contributed by atoms with Gasteiger partial charge in [-0.1, -0.05) is 38.5 Å². The van der Waals surface area contributed by atoms with Crippen LogP contribution < -0.4 is 0 Å². The van der Waals surface area contributed by atoms with Crippen molar-refractivity contribution >= 4 is 23.1 Å². The zero-order valence-electron chi connectivity index (χ0n) is 10.7. The van der Waals surface area contributed by atoms with E-state index in [0.29, 0.717) is 13.2 Å². The minimum absolute atomic E-state index is 0. The Hall–Kier alpha value is 0.686. The van der Waals surface area contributed by atoms with E-state index in [0.717, 1.165) is 25.7 Å². The molecule has 0 aromatic carbocycles. The number of hydrogen-bond acceptors (Lipinski definition) is 2. The van der Waals surface area contributed by atoms with Crippen molar-refractivity contribution in [3.8, 4) is 0 Å². The van der Waals surface area contributed by atoms with Gasteiger partial charge in [-0.25, -0.2) is 0 Å². The summed E-state index contributed by atoms with van der Waals surface area (Å²) in [5.74, 6) is 0. The fourth-order valence-electron chi connectivity index (χ4n) is 1.28. The molecule has 78 valence electrons. The van der Waals surface area contributed by atoms with Crippen molar-refractivity contribution < 1.29 is 13.1 Å². The molecule has 0 aromatic rings. The average Bonchev–Trinajstić information content (AvgIpc) is 2.10. The Labute approximate surface area is 101 Å². The van der Waals surface area contributed by atoms with Crippen LogP contribution in [0, 0.1) is 0 Å². The van der Waals surface area contributed by atoms with E-state index in [1.807, 2.05) is 0 Å². The summed E-state index contributed by atoms with van der Waals surface area (Å²) in [7, 11) is 0. The van der Waals surface area contributed by atoms with Gasteiger partial charge in [-0.2, -0.15) is 0 Å². The van der Waals surface area contributed by atoms with Crippen LogP contribution in [-0.2, 0) is 0 Å². The number of rotatable bonds is 9. The van der Waals surface area contributed by atoms with Gasteiger partial charge in [-0.15, -0.1) is 0 Å². The third-order valence-electron chi connectivity index (χ3n) is 2.07. The molecule has 0 amide bonds. The molecule has 0 aromatic heterocycles. The Morgan fingerprint density at radius 2 is 0.769 bits per heavy atom. The fourth-order valence-corrected chi connectivity index (χ4v) is 1.28. The van der Waals surface area contributed by atoms with Crippen molar-refractivity contribution in [1.29, 1.82) is 0 Å². The maximum absolute atomic E-state index is 8.51. The molecule has 0 fully saturated rings. The summed E-state index contributed by atoms with van der Waals surface area (Å²) in [6.07, 6.45) is 9.30. The average molecular weight is 201 g/mol. The molecule has 0 aliphatic rings. The standard InChI is InChI=1S/C10H22O2.Mg.2H/c11-9-7-5-3-1-2-4-6-8-10-12;;;/h11-12H,1-10H2;;;/q;+2;2*-1. The second-order valence-corrected chi connectivity index (χ2v) is 3.28. The normalized spacial score (nSPS) is 9.69. The van der Waals surface area contributed by atoms with Crippen molar-refractivity contribution in [1.82, 2.24) is 0 Å². The third-order valence-corrected chi connectivity index (χ3v) is 2.07. The smallest absolute Gasteiger partial charge is 1.00 e. The Kier molecular flexibility index (Phi) is 18.8. The van der Waals surface area contributed by atoms with Crippen LogP contribution in [0.2, 0.25) is 0 Å². The van der Waals surface area contributed by atoms with Gasteiger partial charge in [0.25, 0.3) is 0 Å². The molecule has 0 unspecified atom stereocenters. The van der Waals surface area contributed by atoms with E-state index >= 15 is 0 Å². The molecule has 3 heteroatoms. The van der Waals surface area contributed by atoms with Gasteiger partial charge in [0, 0.05) is 13.2 Å². The maximum Gasteiger partial charge on any atom is 2.00 e. The van der Waals surface area contributed by atoms with E-state index in [1.54, 1.807) is 0 Å². The molecular weight excluding hydrogens is 176 g/mol. The summed E-state index contributed by atoms with van der Waals surface area (Å²) in [5.41, 5.74) is 0. The minimum atomic E-state index is 0. The molecule has 0 aliphatic heterocycles. The van der Waals surface area contributed by atoms with E-state index in [-0.39, 0.29) is 25.9 Å². The van der Waals surface area contributed by atoms with Gasteiger partial charge >= 0.3 is 23.1 Å². The summed E-state index contributed by atoms with van der Waals surface area (Å²) in [5, 5.41) is 17.0. The van der Waals surface area contributed by atoms with Gasteiger partial charge in [-0.3, -0.25) is 0 Å². The molecule has 0 atom stereocenters. The number of aliphatic hydroxyl groups is 2. The summed E-state index contributed by atoms with van der Waals surface area (Å²) in [6, 6.07) is 0. The van der Waals surface area contributed by atoms with Gasteiger partial charge in [0.15, 0.2) is 0 Å². The van der Waals surface area contributed by atoms with Crippen molar-refractivity contribution in [2.45, 2.75) is 51.4 Å². The van der Waals surface area contributed by atoms with E-state index in [4.69, 9.17) is 10.2 Å². The maximum atomic E-state index is 8.51. The Bertz CT molecular complexity index is 77.8. The number of aliphatic hydroxyl groups excluding tert-OH is 2. The number of unbranched alkanes of at least 4 members (excludes halogenated alkanes) is 7. The van der Waals surface area contributed by atoms with Crippen LogP contribution in [0.3, 0.4) is 0 Å². The van der Waals surface area contributed by atoms with Crippen LogP contribution in [0.5, 0.6) is 0 Å². The first kappa shape index (κ1) is 16.1. The van der Waals surface area contributed by atoms with Crippen LogP contribution >= 0.6 is 0 Å². The molecule has 0 rings (SSSR count). The zero-order valence-corrected chi connectivity index (χ0v) is 10.1. The van der Waals surface area contributed by atoms with Gasteiger partial charge in [0.05, 0.1) is 0 Å². The monoisotopic (exact) mass is 200 g/mol. The van der Waals surface area contributed by atoms with Crippen molar-refractivity contribution in [3.05, 3.63) is 0 Å². The second-order valence-electron chi connectivity index (χ2n) is 3.28. The molecule has 2 nitrogen and oxygen atoms in total. The molecule has 2 N–H and O–H groups in total. The molecule has 0 heterocycles. The predicted molar refractivity (Wildman–Crippen MR) is 59.1 cm³/mol. The second kappa shape index (κ2) is 15.2. The van der Waals surface area contributed by atoms with Crippen LogP contribution in [0.25, 0.3) is 0 Å². The molecule has 0 bridgehead atoms. The Balaban J connectivity index is -0.000000202. The summed E-state index contributed by atoms with van der Waals surface area (Å²) in [4.78, 5) is 0. The molecular formula is C10H24MgO2. The Morgan fingerprint density at radius 3 is 1.00 bits per heavy atom. The van der Waals surface area contributed by atoms with Gasteiger partial charge in [0.1, 0.15) is 0 Å². The molecule has 0 aliphatic carbocycles. The van der Waals surface area contributed by atoms with Crippen molar-refractivity contribution in [2.24, 2.45) is 0 Å². The van der Waals surface area contributed by atoms with Gasteiger partial charge < -0.3 is 13.1 Å². The van der Waals surface area contributed by atoms with Crippen molar-refractivity contribution in [3.63, 3.8) is 0 Å². The van der Waals surface area contributed by atoms with Gasteiger partial charge in [-0.05, 0) is 12.8 Å². The summed E-state index contributed by atoms with van der Waals surface area (Å²) < 4.78 is 0. The molecule has 0 saturated heterocycles. The van der Waals surface area contributed by atoms with Crippen LogP contribution in [-0.4, -0.2) is 46.5 Å².